The van der Waals surface area contributed by atoms with Gasteiger partial charge in [-0.15, -0.1) is 0 Å². The summed E-state index contributed by atoms with van der Waals surface area (Å²) < 4.78 is 15.2. The summed E-state index contributed by atoms with van der Waals surface area (Å²) >= 11 is 0. The normalized spacial score (nSPS) is 10.9. The second kappa shape index (κ2) is 3.70. The number of nitrogens with zero attached hydrogens (tertiary/aromatic N) is 2. The van der Waals surface area contributed by atoms with E-state index in [2.05, 4.69) is 4.98 Å². The van der Waals surface area contributed by atoms with Crippen LogP contribution in [-0.2, 0) is 0 Å². The second-order valence-corrected chi connectivity index (χ2v) is 3.96. The van der Waals surface area contributed by atoms with Crippen LogP contribution in [0.1, 0.15) is 5.82 Å². The van der Waals surface area contributed by atoms with E-state index in [0.29, 0.717) is 5.52 Å². The van der Waals surface area contributed by atoms with Crippen molar-refractivity contribution in [3.05, 3.63) is 60.2 Å². The van der Waals surface area contributed by atoms with Crippen molar-refractivity contribution >= 4 is 11.0 Å². The number of benzene rings is 2. The molecule has 0 saturated carbocycles. The Morgan fingerprint density at radius 3 is 2.59 bits per heavy atom. The van der Waals surface area contributed by atoms with E-state index < -0.39 is 0 Å². The molecule has 0 fully saturated rings. The Bertz CT molecular complexity index is 671. The zero-order valence-corrected chi connectivity index (χ0v) is 9.39. The molecule has 0 atom stereocenters. The van der Waals surface area contributed by atoms with Crippen molar-refractivity contribution in [3.63, 3.8) is 0 Å². The molecule has 0 radical (unpaired) electrons. The fraction of sp³-hybridized carbons (Fsp3) is 0.0714. The van der Waals surface area contributed by atoms with Crippen LogP contribution in [0.4, 0.5) is 4.39 Å². The molecule has 84 valence electrons. The highest BCUT2D eigenvalue weighted by Crippen LogP contribution is 2.21. The lowest BCUT2D eigenvalue weighted by molar-refractivity contribution is 0.629. The Labute approximate surface area is 98.3 Å². The average molecular weight is 226 g/mol. The number of aromatic nitrogens is 2. The molecule has 3 heteroatoms. The fourth-order valence-corrected chi connectivity index (χ4v) is 2.08. The maximum atomic E-state index is 13.1. The zero-order chi connectivity index (χ0) is 11.8. The molecule has 3 aromatic rings. The monoisotopic (exact) mass is 226 g/mol. The third-order valence-electron chi connectivity index (χ3n) is 2.80. The van der Waals surface area contributed by atoms with Crippen LogP contribution in [0.5, 0.6) is 0 Å². The van der Waals surface area contributed by atoms with Crippen molar-refractivity contribution < 1.29 is 4.39 Å². The van der Waals surface area contributed by atoms with Crippen LogP contribution in [0.3, 0.4) is 0 Å². The van der Waals surface area contributed by atoms with Gasteiger partial charge in [-0.25, -0.2) is 9.37 Å². The maximum Gasteiger partial charge on any atom is 0.125 e. The van der Waals surface area contributed by atoms with Gasteiger partial charge in [0.1, 0.15) is 11.6 Å². The van der Waals surface area contributed by atoms with Crippen molar-refractivity contribution in [1.29, 1.82) is 0 Å². The van der Waals surface area contributed by atoms with Crippen molar-refractivity contribution in [2.45, 2.75) is 6.92 Å². The van der Waals surface area contributed by atoms with Crippen molar-refractivity contribution in [1.82, 2.24) is 9.55 Å². The number of halogens is 1. The molecule has 0 aliphatic heterocycles. The summed E-state index contributed by atoms with van der Waals surface area (Å²) in [7, 11) is 0. The predicted octanol–water partition coefficient (Wildman–Crippen LogP) is 3.47. The Kier molecular flexibility index (Phi) is 2.18. The topological polar surface area (TPSA) is 17.8 Å². The minimum Gasteiger partial charge on any atom is -0.297 e. The number of fused-ring (bicyclic) bond motifs is 1. The lowest BCUT2D eigenvalue weighted by Crippen LogP contribution is -1.95. The number of hydrogen-bond donors (Lipinski definition) is 0. The van der Waals surface area contributed by atoms with Gasteiger partial charge in [-0.2, -0.15) is 0 Å². The first-order valence-electron chi connectivity index (χ1n) is 5.46. The number of imidazole rings is 1. The average Bonchev–Trinajstić information content (AvgIpc) is 2.65. The highest BCUT2D eigenvalue weighted by atomic mass is 19.1. The van der Waals surface area contributed by atoms with E-state index >= 15 is 0 Å². The number of aryl methyl sites for hydroxylation is 1. The molecular weight excluding hydrogens is 215 g/mol. The smallest absolute Gasteiger partial charge is 0.125 e. The summed E-state index contributed by atoms with van der Waals surface area (Å²) in [6, 6.07) is 14.6. The Morgan fingerprint density at radius 2 is 1.82 bits per heavy atom. The summed E-state index contributed by atoms with van der Waals surface area (Å²) in [6.45, 7) is 1.92. The maximum absolute atomic E-state index is 13.1. The first-order chi connectivity index (χ1) is 8.25. The molecule has 1 aromatic heterocycles. The van der Waals surface area contributed by atoms with Gasteiger partial charge in [-0.1, -0.05) is 18.2 Å². The van der Waals surface area contributed by atoms with Gasteiger partial charge in [0.25, 0.3) is 0 Å². The SMILES string of the molecule is Cc1nc2cc(F)ccc2n1-c1ccccc1. The van der Waals surface area contributed by atoms with Crippen LogP contribution in [0.25, 0.3) is 16.7 Å². The Hall–Kier alpha value is -2.16. The standard InChI is InChI=1S/C14H11FN2/c1-10-16-13-9-11(15)7-8-14(13)17(10)12-5-3-2-4-6-12/h2-9H,1H3. The molecule has 0 amide bonds. The number of rotatable bonds is 1. The molecule has 0 saturated heterocycles. The highest BCUT2D eigenvalue weighted by molar-refractivity contribution is 5.78. The lowest BCUT2D eigenvalue weighted by Gasteiger charge is -2.05. The van der Waals surface area contributed by atoms with E-state index in [1.54, 1.807) is 6.07 Å². The zero-order valence-electron chi connectivity index (χ0n) is 9.39. The number of para-hydroxylation sites is 1. The Morgan fingerprint density at radius 1 is 1.06 bits per heavy atom. The molecule has 0 bridgehead atoms. The summed E-state index contributed by atoms with van der Waals surface area (Å²) in [4.78, 5) is 4.37. The lowest BCUT2D eigenvalue weighted by atomic mass is 10.2. The van der Waals surface area contributed by atoms with Gasteiger partial charge in [-0.05, 0) is 31.2 Å². The Balaban J connectivity index is 2.33. The van der Waals surface area contributed by atoms with Crippen LogP contribution in [0.2, 0.25) is 0 Å². The van der Waals surface area contributed by atoms with Crippen LogP contribution >= 0.6 is 0 Å². The van der Waals surface area contributed by atoms with Gasteiger partial charge in [0.2, 0.25) is 0 Å². The van der Waals surface area contributed by atoms with Gasteiger partial charge in [-0.3, -0.25) is 4.57 Å². The largest absolute Gasteiger partial charge is 0.297 e. The van der Waals surface area contributed by atoms with E-state index in [4.69, 9.17) is 0 Å². The molecular formula is C14H11FN2. The van der Waals surface area contributed by atoms with E-state index in [1.165, 1.54) is 12.1 Å². The van der Waals surface area contributed by atoms with E-state index in [1.807, 2.05) is 41.8 Å². The van der Waals surface area contributed by atoms with Crippen LogP contribution in [0, 0.1) is 12.7 Å². The molecule has 17 heavy (non-hydrogen) atoms. The first-order valence-corrected chi connectivity index (χ1v) is 5.46. The molecule has 2 nitrogen and oxygen atoms in total. The van der Waals surface area contributed by atoms with E-state index in [0.717, 1.165) is 17.0 Å². The van der Waals surface area contributed by atoms with Crippen molar-refractivity contribution in [2.75, 3.05) is 0 Å². The summed E-state index contributed by atoms with van der Waals surface area (Å²) in [5, 5.41) is 0. The second-order valence-electron chi connectivity index (χ2n) is 3.96. The van der Waals surface area contributed by atoms with Gasteiger partial charge >= 0.3 is 0 Å². The molecule has 0 spiro atoms. The van der Waals surface area contributed by atoms with Crippen molar-refractivity contribution in [3.8, 4) is 5.69 Å². The molecule has 2 aromatic carbocycles. The molecule has 0 aliphatic rings. The molecule has 0 unspecified atom stereocenters. The quantitative estimate of drug-likeness (QED) is 0.621. The molecule has 0 aliphatic carbocycles. The third-order valence-corrected chi connectivity index (χ3v) is 2.80. The third kappa shape index (κ3) is 1.60. The van der Waals surface area contributed by atoms with Crippen LogP contribution in [-0.4, -0.2) is 9.55 Å². The van der Waals surface area contributed by atoms with Crippen LogP contribution < -0.4 is 0 Å². The predicted molar refractivity (Wildman–Crippen MR) is 65.8 cm³/mol. The molecule has 0 N–H and O–H groups in total. The molecule has 1 heterocycles. The first kappa shape index (κ1) is 10.0. The molecule has 3 rings (SSSR count). The van der Waals surface area contributed by atoms with Crippen molar-refractivity contribution in [2.24, 2.45) is 0 Å². The number of hydrogen-bond acceptors (Lipinski definition) is 1. The summed E-state index contributed by atoms with van der Waals surface area (Å²) in [5.74, 6) is 0.604. The van der Waals surface area contributed by atoms with Gasteiger partial charge in [0, 0.05) is 11.8 Å². The van der Waals surface area contributed by atoms with Gasteiger partial charge < -0.3 is 0 Å². The minimum absolute atomic E-state index is 0.254. The fourth-order valence-electron chi connectivity index (χ4n) is 2.08. The van der Waals surface area contributed by atoms with Gasteiger partial charge in [0.15, 0.2) is 0 Å². The van der Waals surface area contributed by atoms with E-state index in [9.17, 15) is 4.39 Å². The highest BCUT2D eigenvalue weighted by Gasteiger charge is 2.09. The summed E-state index contributed by atoms with van der Waals surface area (Å²) in [6.07, 6.45) is 0. The van der Waals surface area contributed by atoms with Gasteiger partial charge in [0.05, 0.1) is 11.0 Å². The van der Waals surface area contributed by atoms with E-state index in [-0.39, 0.29) is 5.82 Å². The summed E-state index contributed by atoms with van der Waals surface area (Å²) in [5.41, 5.74) is 2.65. The minimum atomic E-state index is -0.254. The van der Waals surface area contributed by atoms with Crippen LogP contribution in [0.15, 0.2) is 48.5 Å².